The summed E-state index contributed by atoms with van der Waals surface area (Å²) in [5, 5.41) is 3.72. The van der Waals surface area contributed by atoms with Gasteiger partial charge in [-0.05, 0) is 19.8 Å². The van der Waals surface area contributed by atoms with Crippen LogP contribution < -0.4 is 5.73 Å². The zero-order chi connectivity index (χ0) is 7.84. The minimum absolute atomic E-state index is 0.548. The van der Waals surface area contributed by atoms with Crippen LogP contribution in [0.1, 0.15) is 36.5 Å². The van der Waals surface area contributed by atoms with Crippen LogP contribution in [0.15, 0.2) is 4.52 Å². The van der Waals surface area contributed by atoms with Crippen LogP contribution in [0.25, 0.3) is 0 Å². The molecule has 60 valence electrons. The van der Waals surface area contributed by atoms with Gasteiger partial charge in [0.05, 0.1) is 0 Å². The van der Waals surface area contributed by atoms with Crippen LogP contribution >= 0.6 is 0 Å². The molecule has 1 aliphatic rings. The Balaban J connectivity index is 2.29. The first-order valence-corrected chi connectivity index (χ1v) is 4.00. The van der Waals surface area contributed by atoms with E-state index in [1.165, 1.54) is 19.3 Å². The van der Waals surface area contributed by atoms with E-state index in [1.54, 1.807) is 0 Å². The Labute approximate surface area is 65.6 Å². The summed E-state index contributed by atoms with van der Waals surface area (Å²) in [5.41, 5.74) is 6.59. The maximum absolute atomic E-state index is 5.55. The standard InChI is InChI=1S/C8H12N2O/c1-5-7(6-3-2-4-6)11-10-8(5)9/h6H,2-4H2,1H3,(H2,9,10). The largest absolute Gasteiger partial charge is 0.381 e. The molecule has 11 heavy (non-hydrogen) atoms. The molecule has 1 aliphatic carbocycles. The number of rotatable bonds is 1. The Morgan fingerprint density at radius 3 is 2.64 bits per heavy atom. The average Bonchev–Trinajstić information content (AvgIpc) is 2.15. The zero-order valence-corrected chi connectivity index (χ0v) is 6.63. The molecule has 1 aromatic rings. The summed E-state index contributed by atoms with van der Waals surface area (Å²) >= 11 is 0. The summed E-state index contributed by atoms with van der Waals surface area (Å²) in [6.45, 7) is 1.97. The van der Waals surface area contributed by atoms with Gasteiger partial charge < -0.3 is 10.3 Å². The molecule has 3 heteroatoms. The Hall–Kier alpha value is -0.990. The van der Waals surface area contributed by atoms with E-state index in [4.69, 9.17) is 10.3 Å². The second kappa shape index (κ2) is 2.26. The molecule has 3 nitrogen and oxygen atoms in total. The van der Waals surface area contributed by atoms with Crippen LogP contribution in [0.4, 0.5) is 5.82 Å². The van der Waals surface area contributed by atoms with Crippen LogP contribution in [-0.4, -0.2) is 5.16 Å². The van der Waals surface area contributed by atoms with Crippen molar-refractivity contribution in [3.8, 4) is 0 Å². The third kappa shape index (κ3) is 0.914. The SMILES string of the molecule is Cc1c(N)noc1C1CCC1. The van der Waals surface area contributed by atoms with E-state index >= 15 is 0 Å². The van der Waals surface area contributed by atoms with Crippen molar-refractivity contribution in [3.05, 3.63) is 11.3 Å². The highest BCUT2D eigenvalue weighted by atomic mass is 16.5. The number of nitrogen functional groups attached to an aromatic ring is 1. The van der Waals surface area contributed by atoms with E-state index in [2.05, 4.69) is 5.16 Å². The molecule has 0 aliphatic heterocycles. The molecule has 1 saturated carbocycles. The van der Waals surface area contributed by atoms with Crippen molar-refractivity contribution >= 4 is 5.82 Å². The first-order valence-electron chi connectivity index (χ1n) is 4.00. The van der Waals surface area contributed by atoms with Gasteiger partial charge in [-0.3, -0.25) is 0 Å². The van der Waals surface area contributed by atoms with Crippen LogP contribution in [0.5, 0.6) is 0 Å². The smallest absolute Gasteiger partial charge is 0.170 e. The fourth-order valence-corrected chi connectivity index (χ4v) is 1.41. The number of hydrogen-bond donors (Lipinski definition) is 1. The maximum atomic E-state index is 5.55. The summed E-state index contributed by atoms with van der Waals surface area (Å²) in [7, 11) is 0. The molecule has 0 amide bonds. The highest BCUT2D eigenvalue weighted by Crippen LogP contribution is 2.38. The maximum Gasteiger partial charge on any atom is 0.170 e. The molecule has 0 spiro atoms. The van der Waals surface area contributed by atoms with Crippen molar-refractivity contribution in [1.29, 1.82) is 0 Å². The zero-order valence-electron chi connectivity index (χ0n) is 6.63. The molecule has 0 bridgehead atoms. The van der Waals surface area contributed by atoms with E-state index in [0.29, 0.717) is 11.7 Å². The predicted molar refractivity (Wildman–Crippen MR) is 42.2 cm³/mol. The molecular weight excluding hydrogens is 140 g/mol. The van der Waals surface area contributed by atoms with E-state index in [9.17, 15) is 0 Å². The summed E-state index contributed by atoms with van der Waals surface area (Å²) in [6.07, 6.45) is 3.77. The summed E-state index contributed by atoms with van der Waals surface area (Å²) < 4.78 is 5.12. The topological polar surface area (TPSA) is 52.0 Å². The molecule has 0 saturated heterocycles. The first-order chi connectivity index (χ1) is 5.29. The molecule has 0 unspecified atom stereocenters. The second-order valence-electron chi connectivity index (χ2n) is 3.18. The third-order valence-electron chi connectivity index (χ3n) is 2.47. The van der Waals surface area contributed by atoms with E-state index in [1.807, 2.05) is 6.92 Å². The van der Waals surface area contributed by atoms with Crippen molar-refractivity contribution < 1.29 is 4.52 Å². The Morgan fingerprint density at radius 1 is 1.55 bits per heavy atom. The van der Waals surface area contributed by atoms with Crippen LogP contribution in [0.3, 0.4) is 0 Å². The minimum atomic E-state index is 0.548. The normalized spacial score (nSPS) is 18.3. The third-order valence-corrected chi connectivity index (χ3v) is 2.47. The fourth-order valence-electron chi connectivity index (χ4n) is 1.41. The monoisotopic (exact) mass is 152 g/mol. The van der Waals surface area contributed by atoms with Crippen molar-refractivity contribution in [2.75, 3.05) is 5.73 Å². The van der Waals surface area contributed by atoms with Gasteiger partial charge in [0.1, 0.15) is 5.76 Å². The van der Waals surface area contributed by atoms with E-state index < -0.39 is 0 Å². The van der Waals surface area contributed by atoms with Gasteiger partial charge in [-0.2, -0.15) is 0 Å². The predicted octanol–water partition coefficient (Wildman–Crippen LogP) is 1.83. The molecule has 2 rings (SSSR count). The molecule has 1 heterocycles. The van der Waals surface area contributed by atoms with Crippen molar-refractivity contribution in [2.45, 2.75) is 32.1 Å². The molecule has 1 fully saturated rings. The molecular formula is C8H12N2O. The first kappa shape index (κ1) is 6.70. The summed E-state index contributed by atoms with van der Waals surface area (Å²) in [5.74, 6) is 2.15. The van der Waals surface area contributed by atoms with Crippen molar-refractivity contribution in [1.82, 2.24) is 5.16 Å². The van der Waals surface area contributed by atoms with Gasteiger partial charge in [0.15, 0.2) is 5.82 Å². The molecule has 0 atom stereocenters. The van der Waals surface area contributed by atoms with Gasteiger partial charge in [0, 0.05) is 11.5 Å². The van der Waals surface area contributed by atoms with Gasteiger partial charge in [-0.1, -0.05) is 11.6 Å². The second-order valence-corrected chi connectivity index (χ2v) is 3.18. The van der Waals surface area contributed by atoms with Gasteiger partial charge in [-0.25, -0.2) is 0 Å². The Bertz CT molecular complexity index is 263. The van der Waals surface area contributed by atoms with Gasteiger partial charge in [-0.15, -0.1) is 0 Å². The number of hydrogen-bond acceptors (Lipinski definition) is 3. The lowest BCUT2D eigenvalue weighted by Crippen LogP contribution is -2.08. The van der Waals surface area contributed by atoms with E-state index in [-0.39, 0.29) is 0 Å². The lowest BCUT2D eigenvalue weighted by atomic mass is 9.82. The van der Waals surface area contributed by atoms with Crippen molar-refractivity contribution in [3.63, 3.8) is 0 Å². The lowest BCUT2D eigenvalue weighted by molar-refractivity contribution is 0.300. The highest BCUT2D eigenvalue weighted by molar-refractivity contribution is 5.40. The Morgan fingerprint density at radius 2 is 2.27 bits per heavy atom. The summed E-state index contributed by atoms with van der Waals surface area (Å²) in [4.78, 5) is 0. The number of anilines is 1. The fraction of sp³-hybridized carbons (Fsp3) is 0.625. The quantitative estimate of drug-likeness (QED) is 0.667. The van der Waals surface area contributed by atoms with Crippen LogP contribution in [-0.2, 0) is 0 Å². The molecule has 0 aromatic carbocycles. The van der Waals surface area contributed by atoms with Crippen molar-refractivity contribution in [2.24, 2.45) is 0 Å². The number of aromatic nitrogens is 1. The molecule has 0 radical (unpaired) electrons. The van der Waals surface area contributed by atoms with Gasteiger partial charge >= 0.3 is 0 Å². The van der Waals surface area contributed by atoms with Crippen LogP contribution in [0, 0.1) is 6.92 Å². The highest BCUT2D eigenvalue weighted by Gasteiger charge is 2.25. The molecule has 2 N–H and O–H groups in total. The van der Waals surface area contributed by atoms with Gasteiger partial charge in [0.25, 0.3) is 0 Å². The number of nitrogens with two attached hydrogens (primary N) is 1. The molecule has 1 aromatic heterocycles. The summed E-state index contributed by atoms with van der Waals surface area (Å²) in [6, 6.07) is 0. The number of nitrogens with zero attached hydrogens (tertiary/aromatic N) is 1. The minimum Gasteiger partial charge on any atom is -0.381 e. The van der Waals surface area contributed by atoms with E-state index in [0.717, 1.165) is 11.3 Å². The Kier molecular flexibility index (Phi) is 1.37. The van der Waals surface area contributed by atoms with Gasteiger partial charge in [0.2, 0.25) is 0 Å². The van der Waals surface area contributed by atoms with Crippen LogP contribution in [0.2, 0.25) is 0 Å². The lowest BCUT2D eigenvalue weighted by Gasteiger charge is -2.22. The average molecular weight is 152 g/mol.